The molecule has 1 rings (SSSR count). The van der Waals surface area contributed by atoms with Crippen LogP contribution in [-0.4, -0.2) is 57.9 Å². The predicted molar refractivity (Wildman–Crippen MR) is 87.8 cm³/mol. The summed E-state index contributed by atoms with van der Waals surface area (Å²) in [4.78, 5) is 13.6. The van der Waals surface area contributed by atoms with Crippen LogP contribution in [-0.2, 0) is 9.53 Å². The Morgan fingerprint density at radius 1 is 1.27 bits per heavy atom. The third kappa shape index (κ3) is 6.51. The lowest BCUT2D eigenvalue weighted by Gasteiger charge is -2.20. The van der Waals surface area contributed by atoms with Crippen LogP contribution in [0.25, 0.3) is 0 Å². The van der Waals surface area contributed by atoms with Crippen LogP contribution >= 0.6 is 12.4 Å². The van der Waals surface area contributed by atoms with Crippen LogP contribution in [0.1, 0.15) is 6.42 Å². The highest BCUT2D eigenvalue weighted by molar-refractivity contribution is 5.85. The molecule has 126 valence electrons. The van der Waals surface area contributed by atoms with Gasteiger partial charge in [-0.05, 0) is 12.1 Å². The summed E-state index contributed by atoms with van der Waals surface area (Å²) >= 11 is 0. The van der Waals surface area contributed by atoms with Crippen molar-refractivity contribution < 1.29 is 19.0 Å². The SMILES string of the molecule is COc1ccccc1OCCN(C)C(=O)CC(CN)OC.Cl. The number of para-hydroxylation sites is 2. The van der Waals surface area contributed by atoms with Crippen LogP contribution in [0.2, 0.25) is 0 Å². The van der Waals surface area contributed by atoms with Gasteiger partial charge in [-0.3, -0.25) is 4.79 Å². The highest BCUT2D eigenvalue weighted by Crippen LogP contribution is 2.25. The van der Waals surface area contributed by atoms with Gasteiger partial charge in [0.2, 0.25) is 5.91 Å². The number of carbonyl (C=O) groups is 1. The Morgan fingerprint density at radius 3 is 2.45 bits per heavy atom. The molecule has 0 fully saturated rings. The first-order valence-electron chi connectivity index (χ1n) is 6.85. The third-order valence-electron chi connectivity index (χ3n) is 3.18. The number of nitrogens with two attached hydrogens (primary N) is 1. The number of rotatable bonds is 9. The standard InChI is InChI=1S/C15H24N2O4.ClH/c1-17(15(18)10-12(11-16)19-2)8-9-21-14-7-5-4-6-13(14)20-3;/h4-7,12H,8-11,16H2,1-3H3;1H. The number of amides is 1. The number of likely N-dealkylation sites (N-methyl/N-ethyl adjacent to an activating group) is 1. The van der Waals surface area contributed by atoms with Crippen LogP contribution in [0.4, 0.5) is 0 Å². The van der Waals surface area contributed by atoms with Gasteiger partial charge in [-0.15, -0.1) is 12.4 Å². The molecule has 0 aliphatic rings. The molecule has 0 radical (unpaired) electrons. The number of benzene rings is 1. The number of hydrogen-bond donors (Lipinski definition) is 1. The average Bonchev–Trinajstić information content (AvgIpc) is 2.52. The van der Waals surface area contributed by atoms with Crippen LogP contribution in [0, 0.1) is 0 Å². The van der Waals surface area contributed by atoms with Gasteiger partial charge in [0.05, 0.1) is 26.2 Å². The zero-order valence-electron chi connectivity index (χ0n) is 13.3. The van der Waals surface area contributed by atoms with Crippen LogP contribution in [0.5, 0.6) is 11.5 Å². The van der Waals surface area contributed by atoms with E-state index in [1.807, 2.05) is 24.3 Å². The molecule has 0 spiro atoms. The fourth-order valence-electron chi connectivity index (χ4n) is 1.77. The van der Waals surface area contributed by atoms with Crippen molar-refractivity contribution in [3.63, 3.8) is 0 Å². The highest BCUT2D eigenvalue weighted by atomic mass is 35.5. The van der Waals surface area contributed by atoms with Gasteiger partial charge in [-0.2, -0.15) is 0 Å². The Morgan fingerprint density at radius 2 is 1.91 bits per heavy atom. The number of nitrogens with zero attached hydrogens (tertiary/aromatic N) is 1. The molecule has 0 aliphatic heterocycles. The maximum absolute atomic E-state index is 11.9. The number of halogens is 1. The van der Waals surface area contributed by atoms with E-state index in [9.17, 15) is 4.79 Å². The molecule has 0 saturated carbocycles. The molecule has 1 unspecified atom stereocenters. The van der Waals surface area contributed by atoms with Crippen LogP contribution in [0.15, 0.2) is 24.3 Å². The van der Waals surface area contributed by atoms with Gasteiger partial charge in [0, 0.05) is 20.7 Å². The van der Waals surface area contributed by atoms with E-state index in [1.54, 1.807) is 26.2 Å². The predicted octanol–water partition coefficient (Wildman–Crippen LogP) is 1.32. The van der Waals surface area contributed by atoms with Gasteiger partial charge in [0.15, 0.2) is 11.5 Å². The Labute approximate surface area is 137 Å². The minimum atomic E-state index is -0.241. The van der Waals surface area contributed by atoms with Crippen molar-refractivity contribution in [1.29, 1.82) is 0 Å². The Hall–Kier alpha value is -1.50. The van der Waals surface area contributed by atoms with E-state index in [0.717, 1.165) is 0 Å². The summed E-state index contributed by atoms with van der Waals surface area (Å²) < 4.78 is 15.9. The molecule has 1 atom stereocenters. The molecule has 2 N–H and O–H groups in total. The van der Waals surface area contributed by atoms with Gasteiger partial charge >= 0.3 is 0 Å². The monoisotopic (exact) mass is 332 g/mol. The number of ether oxygens (including phenoxy) is 3. The second-order valence-corrected chi connectivity index (χ2v) is 4.61. The van der Waals surface area contributed by atoms with Gasteiger partial charge in [0.25, 0.3) is 0 Å². The van der Waals surface area contributed by atoms with Crippen LogP contribution in [0.3, 0.4) is 0 Å². The third-order valence-corrected chi connectivity index (χ3v) is 3.18. The lowest BCUT2D eigenvalue weighted by atomic mass is 10.2. The Bertz CT molecular complexity index is 441. The lowest BCUT2D eigenvalue weighted by Crippen LogP contribution is -2.35. The molecule has 0 saturated heterocycles. The summed E-state index contributed by atoms with van der Waals surface area (Å²) in [6, 6.07) is 7.40. The van der Waals surface area contributed by atoms with Crippen molar-refractivity contribution in [2.24, 2.45) is 5.73 Å². The Balaban J connectivity index is 0.00000441. The molecule has 0 bridgehead atoms. The number of hydrogen-bond acceptors (Lipinski definition) is 5. The molecular weight excluding hydrogens is 308 g/mol. The summed E-state index contributed by atoms with van der Waals surface area (Å²) in [6.07, 6.45) is 0.0353. The van der Waals surface area contributed by atoms with E-state index in [2.05, 4.69) is 0 Å². The van der Waals surface area contributed by atoms with Crippen LogP contribution < -0.4 is 15.2 Å². The van der Waals surface area contributed by atoms with Gasteiger partial charge in [-0.1, -0.05) is 12.1 Å². The molecular formula is C15H25ClN2O4. The van der Waals surface area contributed by atoms with E-state index in [0.29, 0.717) is 31.2 Å². The van der Waals surface area contributed by atoms with E-state index in [4.69, 9.17) is 19.9 Å². The van der Waals surface area contributed by atoms with E-state index in [-0.39, 0.29) is 30.8 Å². The molecule has 1 aromatic rings. The van der Waals surface area contributed by atoms with Gasteiger partial charge < -0.3 is 24.8 Å². The minimum absolute atomic E-state index is 0. The second-order valence-electron chi connectivity index (χ2n) is 4.61. The number of carbonyl (C=O) groups excluding carboxylic acids is 1. The summed E-state index contributed by atoms with van der Waals surface area (Å²) in [5.74, 6) is 1.32. The lowest BCUT2D eigenvalue weighted by molar-refractivity contribution is -0.132. The van der Waals surface area contributed by atoms with Crippen molar-refractivity contribution in [2.75, 3.05) is 41.0 Å². The molecule has 1 aromatic carbocycles. The van der Waals surface area contributed by atoms with Crippen molar-refractivity contribution in [2.45, 2.75) is 12.5 Å². The number of methoxy groups -OCH3 is 2. The quantitative estimate of drug-likeness (QED) is 0.738. The smallest absolute Gasteiger partial charge is 0.225 e. The molecule has 22 heavy (non-hydrogen) atoms. The first-order chi connectivity index (χ1) is 10.1. The molecule has 6 nitrogen and oxygen atoms in total. The molecule has 0 heterocycles. The van der Waals surface area contributed by atoms with Crippen molar-refractivity contribution in [3.8, 4) is 11.5 Å². The zero-order valence-corrected chi connectivity index (χ0v) is 14.1. The maximum atomic E-state index is 11.9. The largest absolute Gasteiger partial charge is 0.493 e. The van der Waals surface area contributed by atoms with Gasteiger partial charge in [0.1, 0.15) is 6.61 Å². The van der Waals surface area contributed by atoms with Crippen molar-refractivity contribution >= 4 is 18.3 Å². The second kappa shape index (κ2) is 11.1. The average molecular weight is 333 g/mol. The summed E-state index contributed by atoms with van der Waals surface area (Å²) in [6.45, 7) is 1.20. The minimum Gasteiger partial charge on any atom is -0.493 e. The molecule has 7 heteroatoms. The topological polar surface area (TPSA) is 74.0 Å². The zero-order chi connectivity index (χ0) is 15.7. The van der Waals surface area contributed by atoms with E-state index < -0.39 is 0 Å². The Kier molecular flexibility index (Phi) is 10.4. The fourth-order valence-corrected chi connectivity index (χ4v) is 1.77. The van der Waals surface area contributed by atoms with E-state index >= 15 is 0 Å². The van der Waals surface area contributed by atoms with Crippen molar-refractivity contribution in [3.05, 3.63) is 24.3 Å². The normalized spacial score (nSPS) is 11.3. The first kappa shape index (κ1) is 20.5. The summed E-state index contributed by atoms with van der Waals surface area (Å²) in [5, 5.41) is 0. The van der Waals surface area contributed by atoms with Crippen molar-refractivity contribution in [1.82, 2.24) is 4.90 Å². The summed E-state index contributed by atoms with van der Waals surface area (Å²) in [5.41, 5.74) is 5.51. The molecule has 0 aliphatic carbocycles. The highest BCUT2D eigenvalue weighted by Gasteiger charge is 2.15. The summed E-state index contributed by atoms with van der Waals surface area (Å²) in [7, 11) is 4.88. The first-order valence-corrected chi connectivity index (χ1v) is 6.85. The van der Waals surface area contributed by atoms with E-state index in [1.165, 1.54) is 0 Å². The fraction of sp³-hybridized carbons (Fsp3) is 0.533. The maximum Gasteiger partial charge on any atom is 0.225 e. The molecule has 1 amide bonds. The van der Waals surface area contributed by atoms with Gasteiger partial charge in [-0.25, -0.2) is 0 Å². The molecule has 0 aromatic heterocycles.